The second-order valence-electron chi connectivity index (χ2n) is 7.51. The van der Waals surface area contributed by atoms with Gasteiger partial charge in [-0.2, -0.15) is 13.2 Å². The largest absolute Gasteiger partial charge is 0.496 e. The first-order valence-corrected chi connectivity index (χ1v) is 12.6. The number of aromatic nitrogens is 1. The number of rotatable bonds is 10. The van der Waals surface area contributed by atoms with Crippen molar-refractivity contribution in [2.24, 2.45) is 0 Å². The zero-order chi connectivity index (χ0) is 25.6. The Morgan fingerprint density at radius 1 is 1.09 bits per heavy atom. The van der Waals surface area contributed by atoms with Gasteiger partial charge in [0.05, 0.1) is 37.0 Å². The van der Waals surface area contributed by atoms with E-state index < -0.39 is 11.7 Å². The molecule has 0 fully saturated rings. The fourth-order valence-corrected chi connectivity index (χ4v) is 5.59. The minimum Gasteiger partial charge on any atom is -0.496 e. The smallest absolute Gasteiger partial charge is 0.416 e. The molecule has 3 aromatic rings. The molecular weight excluding hydrogens is 499 g/mol. The highest BCUT2D eigenvalue weighted by Crippen LogP contribution is 2.40. The van der Waals surface area contributed by atoms with Crippen LogP contribution in [0, 0.1) is 6.92 Å². The summed E-state index contributed by atoms with van der Waals surface area (Å²) in [5.74, 6) is 1.66. The molecule has 0 aliphatic carbocycles. The number of ether oxygens (including phenoxy) is 3. The summed E-state index contributed by atoms with van der Waals surface area (Å²) in [5, 5.41) is 0.672. The number of hydrogen-bond donors (Lipinski definition) is 0. The summed E-state index contributed by atoms with van der Waals surface area (Å²) in [7, 11) is 3.16. The fourth-order valence-electron chi connectivity index (χ4n) is 3.34. The van der Waals surface area contributed by atoms with Gasteiger partial charge in [0.1, 0.15) is 16.5 Å². The average Bonchev–Trinajstić information content (AvgIpc) is 3.21. The Balaban J connectivity index is 1.75. The molecule has 0 bridgehead atoms. The maximum absolute atomic E-state index is 12.8. The van der Waals surface area contributed by atoms with Gasteiger partial charge in [-0.1, -0.05) is 12.1 Å². The molecule has 0 spiro atoms. The molecule has 35 heavy (non-hydrogen) atoms. The number of esters is 1. The molecule has 0 atom stereocenters. The molecule has 0 unspecified atom stereocenters. The number of nitrogens with zero attached hydrogens (tertiary/aromatic N) is 1. The number of thiazole rings is 1. The highest BCUT2D eigenvalue weighted by molar-refractivity contribution is 7.98. The third kappa shape index (κ3) is 6.91. The van der Waals surface area contributed by atoms with E-state index in [2.05, 4.69) is 4.98 Å². The van der Waals surface area contributed by atoms with Gasteiger partial charge in [0, 0.05) is 22.6 Å². The predicted octanol–water partition coefficient (Wildman–Crippen LogP) is 6.94. The van der Waals surface area contributed by atoms with Crippen LogP contribution in [0.4, 0.5) is 13.2 Å². The number of aryl methyl sites for hydroxylation is 2. The molecule has 0 amide bonds. The van der Waals surface area contributed by atoms with E-state index in [1.807, 2.05) is 19.1 Å². The number of carbonyl (C=O) groups is 1. The second-order valence-corrected chi connectivity index (χ2v) is 9.61. The molecule has 1 heterocycles. The standard InChI is InChI=1S/C25H26F3NO4S2/c1-5-33-23(30)11-8-17-12-20(32-4)21(13-19(17)31-3)34-14-22-15(2)29-24(35-22)16-6-9-18(10-7-16)25(26,27)28/h6-7,9-10,12-13H,5,8,11,14H2,1-4H3. The van der Waals surface area contributed by atoms with Gasteiger partial charge in [0.25, 0.3) is 0 Å². The highest BCUT2D eigenvalue weighted by Gasteiger charge is 2.30. The van der Waals surface area contributed by atoms with Crippen molar-refractivity contribution < 1.29 is 32.2 Å². The Hall–Kier alpha value is -2.72. The van der Waals surface area contributed by atoms with Crippen LogP contribution in [0.5, 0.6) is 11.5 Å². The normalized spacial score (nSPS) is 11.4. The van der Waals surface area contributed by atoms with Crippen LogP contribution in [-0.4, -0.2) is 31.8 Å². The van der Waals surface area contributed by atoms with Crippen LogP contribution < -0.4 is 9.47 Å². The quantitative estimate of drug-likeness (QED) is 0.211. The van der Waals surface area contributed by atoms with Crippen molar-refractivity contribution in [3.05, 3.63) is 58.1 Å². The van der Waals surface area contributed by atoms with E-state index in [1.54, 1.807) is 32.9 Å². The van der Waals surface area contributed by atoms with Crippen LogP contribution in [0.1, 0.15) is 35.0 Å². The molecule has 1 aromatic heterocycles. The maximum atomic E-state index is 12.8. The number of alkyl halides is 3. The van der Waals surface area contributed by atoms with Crippen LogP contribution in [0.3, 0.4) is 0 Å². The van der Waals surface area contributed by atoms with Crippen LogP contribution in [0.2, 0.25) is 0 Å². The summed E-state index contributed by atoms with van der Waals surface area (Å²) >= 11 is 3.00. The third-order valence-electron chi connectivity index (χ3n) is 5.18. The minimum atomic E-state index is -4.37. The molecule has 0 saturated heterocycles. The maximum Gasteiger partial charge on any atom is 0.416 e. The van der Waals surface area contributed by atoms with Crippen molar-refractivity contribution in [1.82, 2.24) is 4.98 Å². The molecule has 10 heteroatoms. The lowest BCUT2D eigenvalue weighted by molar-refractivity contribution is -0.143. The SMILES string of the molecule is CCOC(=O)CCc1cc(OC)c(SCc2sc(-c3ccc(C(F)(F)F)cc3)nc2C)cc1OC. The minimum absolute atomic E-state index is 0.243. The van der Waals surface area contributed by atoms with Gasteiger partial charge in [-0.3, -0.25) is 4.79 Å². The summed E-state index contributed by atoms with van der Waals surface area (Å²) in [6.45, 7) is 3.99. The van der Waals surface area contributed by atoms with Gasteiger partial charge < -0.3 is 14.2 Å². The molecule has 188 valence electrons. The fraction of sp³-hybridized carbons (Fsp3) is 0.360. The first kappa shape index (κ1) is 26.9. The Kier molecular flexibility index (Phi) is 9.07. The predicted molar refractivity (Wildman–Crippen MR) is 131 cm³/mol. The van der Waals surface area contributed by atoms with Gasteiger partial charge >= 0.3 is 12.1 Å². The van der Waals surface area contributed by atoms with Gasteiger partial charge in [0.2, 0.25) is 0 Å². The summed E-state index contributed by atoms with van der Waals surface area (Å²) < 4.78 is 54.7. The van der Waals surface area contributed by atoms with E-state index >= 15 is 0 Å². The van der Waals surface area contributed by atoms with Gasteiger partial charge in [-0.05, 0) is 50.1 Å². The van der Waals surface area contributed by atoms with E-state index in [0.717, 1.165) is 33.2 Å². The first-order chi connectivity index (χ1) is 16.7. The van der Waals surface area contributed by atoms with Crippen molar-refractivity contribution in [3.8, 4) is 22.1 Å². The monoisotopic (exact) mass is 525 g/mol. The van der Waals surface area contributed by atoms with Gasteiger partial charge in [0.15, 0.2) is 0 Å². The summed E-state index contributed by atoms with van der Waals surface area (Å²) in [5.41, 5.74) is 1.64. The molecule has 0 aliphatic rings. The van der Waals surface area contributed by atoms with E-state index in [1.165, 1.54) is 23.5 Å². The molecule has 5 nitrogen and oxygen atoms in total. The number of hydrogen-bond acceptors (Lipinski definition) is 7. The van der Waals surface area contributed by atoms with Crippen molar-refractivity contribution >= 4 is 29.1 Å². The number of methoxy groups -OCH3 is 2. The van der Waals surface area contributed by atoms with Crippen molar-refractivity contribution in [2.45, 2.75) is 43.5 Å². The highest BCUT2D eigenvalue weighted by atomic mass is 32.2. The lowest BCUT2D eigenvalue weighted by Gasteiger charge is -2.14. The molecule has 0 N–H and O–H groups in total. The summed E-state index contributed by atoms with van der Waals surface area (Å²) in [6, 6.07) is 8.79. The topological polar surface area (TPSA) is 57.7 Å². The Labute approximate surface area is 210 Å². The van der Waals surface area contributed by atoms with E-state index in [9.17, 15) is 18.0 Å². The zero-order valence-electron chi connectivity index (χ0n) is 19.8. The molecular formula is C25H26F3NO4S2. The number of carbonyl (C=O) groups excluding carboxylic acids is 1. The Bertz CT molecular complexity index is 1160. The van der Waals surface area contributed by atoms with Crippen LogP contribution in [0.25, 0.3) is 10.6 Å². The zero-order valence-corrected chi connectivity index (χ0v) is 21.5. The van der Waals surface area contributed by atoms with Gasteiger partial charge in [-0.15, -0.1) is 23.1 Å². The number of halogens is 3. The third-order valence-corrected chi connectivity index (χ3v) is 7.63. The lowest BCUT2D eigenvalue weighted by atomic mass is 10.1. The number of benzene rings is 2. The van der Waals surface area contributed by atoms with Crippen LogP contribution >= 0.6 is 23.1 Å². The second kappa shape index (κ2) is 11.8. The summed E-state index contributed by atoms with van der Waals surface area (Å²) in [6.07, 6.45) is -3.66. The van der Waals surface area contributed by atoms with Crippen molar-refractivity contribution in [3.63, 3.8) is 0 Å². The molecule has 3 rings (SSSR count). The van der Waals surface area contributed by atoms with Crippen molar-refractivity contribution in [1.29, 1.82) is 0 Å². The summed E-state index contributed by atoms with van der Waals surface area (Å²) in [4.78, 5) is 18.2. The number of thioether (sulfide) groups is 1. The lowest BCUT2D eigenvalue weighted by Crippen LogP contribution is -2.06. The Morgan fingerprint density at radius 3 is 2.37 bits per heavy atom. The van der Waals surface area contributed by atoms with Crippen LogP contribution in [-0.2, 0) is 27.9 Å². The Morgan fingerprint density at radius 2 is 1.77 bits per heavy atom. The molecule has 0 aliphatic heterocycles. The van der Waals surface area contributed by atoms with Gasteiger partial charge in [-0.25, -0.2) is 4.98 Å². The van der Waals surface area contributed by atoms with E-state index in [-0.39, 0.29) is 12.4 Å². The first-order valence-electron chi connectivity index (χ1n) is 10.8. The van der Waals surface area contributed by atoms with Crippen LogP contribution in [0.15, 0.2) is 41.3 Å². The molecule has 0 radical (unpaired) electrons. The molecule has 2 aromatic carbocycles. The van der Waals surface area contributed by atoms with Crippen molar-refractivity contribution in [2.75, 3.05) is 20.8 Å². The average molecular weight is 526 g/mol. The molecule has 0 saturated carbocycles. The van der Waals surface area contributed by atoms with E-state index in [4.69, 9.17) is 14.2 Å². The van der Waals surface area contributed by atoms with E-state index in [0.29, 0.717) is 40.9 Å².